The van der Waals surface area contributed by atoms with Crippen LogP contribution in [0, 0.1) is 5.82 Å². The van der Waals surface area contributed by atoms with Crippen LogP contribution >= 0.6 is 0 Å². The molecule has 0 saturated carbocycles. The molecule has 7 nitrogen and oxygen atoms in total. The van der Waals surface area contributed by atoms with Gasteiger partial charge in [-0.25, -0.2) is 9.18 Å². The van der Waals surface area contributed by atoms with E-state index < -0.39 is 0 Å². The highest BCUT2D eigenvalue weighted by molar-refractivity contribution is 5.88. The van der Waals surface area contributed by atoms with Crippen LogP contribution in [0.5, 0.6) is 5.75 Å². The molecule has 36 heavy (non-hydrogen) atoms. The van der Waals surface area contributed by atoms with Crippen molar-refractivity contribution in [3.8, 4) is 5.75 Å². The molecule has 1 fully saturated rings. The zero-order valence-corrected chi connectivity index (χ0v) is 21.5. The van der Waals surface area contributed by atoms with Crippen molar-refractivity contribution < 1.29 is 23.8 Å². The Morgan fingerprint density at radius 3 is 2.53 bits per heavy atom. The van der Waals surface area contributed by atoms with Crippen LogP contribution in [0.15, 0.2) is 42.5 Å². The van der Waals surface area contributed by atoms with Gasteiger partial charge in [-0.3, -0.25) is 4.90 Å². The predicted octanol–water partition coefficient (Wildman–Crippen LogP) is 4.99. The number of nitrogens with zero attached hydrogens (tertiary/aromatic N) is 2. The minimum atomic E-state index is -0.314. The molecule has 0 bridgehead atoms. The van der Waals surface area contributed by atoms with Gasteiger partial charge < -0.3 is 24.5 Å². The number of hydrogen-bond donors (Lipinski definition) is 2. The summed E-state index contributed by atoms with van der Waals surface area (Å²) >= 11 is 0. The minimum Gasteiger partial charge on any atom is -0.497 e. The topological polar surface area (TPSA) is 78.0 Å². The molecule has 3 heterocycles. The summed E-state index contributed by atoms with van der Waals surface area (Å²) in [4.78, 5) is 19.6. The second-order valence-corrected chi connectivity index (χ2v) is 9.26. The fraction of sp³-hybridized carbons (Fsp3) is 0.464. The first-order valence-corrected chi connectivity index (χ1v) is 12.6. The van der Waals surface area contributed by atoms with Gasteiger partial charge in [0.05, 0.1) is 26.9 Å². The number of ether oxygens (including phenoxy) is 2. The molecule has 1 aromatic heterocycles. The van der Waals surface area contributed by atoms with Crippen molar-refractivity contribution in [2.24, 2.45) is 0 Å². The number of carbonyl (C=O) groups excluding carboxylic acids is 1. The van der Waals surface area contributed by atoms with Crippen LogP contribution in [0.2, 0.25) is 0 Å². The van der Waals surface area contributed by atoms with Crippen LogP contribution in [-0.2, 0) is 16.7 Å². The Morgan fingerprint density at radius 1 is 1.17 bits per heavy atom. The van der Waals surface area contributed by atoms with Gasteiger partial charge in [0.1, 0.15) is 11.6 Å². The molecule has 2 aromatic carbocycles. The van der Waals surface area contributed by atoms with Gasteiger partial charge in [-0.05, 0) is 36.6 Å². The van der Waals surface area contributed by atoms with Gasteiger partial charge in [-0.2, -0.15) is 0 Å². The maximum absolute atomic E-state index is 14.6. The lowest BCUT2D eigenvalue weighted by molar-refractivity contribution is 0.0407. The number of rotatable bonds is 4. The summed E-state index contributed by atoms with van der Waals surface area (Å²) in [5, 5.41) is 11.6. The molecule has 8 heteroatoms. The van der Waals surface area contributed by atoms with Crippen molar-refractivity contribution >= 4 is 17.0 Å². The van der Waals surface area contributed by atoms with E-state index in [9.17, 15) is 14.3 Å². The highest BCUT2D eigenvalue weighted by atomic mass is 19.1. The van der Waals surface area contributed by atoms with Crippen LogP contribution in [0.3, 0.4) is 0 Å². The molecule has 1 spiro atoms. The van der Waals surface area contributed by atoms with Crippen LogP contribution in [0.25, 0.3) is 10.9 Å². The number of methoxy groups -OCH3 is 2. The summed E-state index contributed by atoms with van der Waals surface area (Å²) in [7, 11) is 3.04. The number of piperidine rings is 1. The Balaban J connectivity index is 0.00000148. The number of aromatic nitrogens is 1. The molecule has 3 aromatic rings. The van der Waals surface area contributed by atoms with Crippen LogP contribution in [0.4, 0.5) is 9.18 Å². The van der Waals surface area contributed by atoms with Crippen LogP contribution in [0.1, 0.15) is 49.6 Å². The third-order valence-electron chi connectivity index (χ3n) is 7.50. The van der Waals surface area contributed by atoms with E-state index in [1.165, 1.54) is 18.7 Å². The summed E-state index contributed by atoms with van der Waals surface area (Å²) in [5.41, 5.74) is 3.46. The molecule has 5 rings (SSSR count). The number of H-pyrrole nitrogens is 1. The number of aliphatic hydroxyl groups is 1. The highest BCUT2D eigenvalue weighted by Gasteiger charge is 2.48. The third kappa shape index (κ3) is 4.55. The van der Waals surface area contributed by atoms with Gasteiger partial charge in [-0.15, -0.1) is 0 Å². The van der Waals surface area contributed by atoms with E-state index in [1.807, 2.05) is 32.0 Å². The first-order chi connectivity index (χ1) is 17.5. The van der Waals surface area contributed by atoms with Gasteiger partial charge in [0.2, 0.25) is 0 Å². The van der Waals surface area contributed by atoms with Crippen molar-refractivity contribution in [1.82, 2.24) is 14.8 Å². The van der Waals surface area contributed by atoms with E-state index in [0.29, 0.717) is 31.7 Å². The molecule has 2 aliphatic rings. The van der Waals surface area contributed by atoms with E-state index in [2.05, 4.69) is 16.0 Å². The van der Waals surface area contributed by atoms with Gasteiger partial charge in [0, 0.05) is 59.8 Å². The lowest BCUT2D eigenvalue weighted by Gasteiger charge is -2.50. The van der Waals surface area contributed by atoms with E-state index in [4.69, 9.17) is 9.47 Å². The standard InChI is InChI=1S/C26H30FN3O4.C2H6/c1-33-18-7-8-19-21(13-18)28-24-22(15-31)30(14-17-5-3-4-6-20(17)27)16-26(23(19)24)9-11-29(12-10-26)25(32)34-2;1-2/h3-8,13,22,28,31H,9-12,14-16H2,1-2H3;1-2H3. The van der Waals surface area contributed by atoms with Gasteiger partial charge in [-0.1, -0.05) is 32.0 Å². The molecule has 1 atom stereocenters. The number of benzene rings is 2. The largest absolute Gasteiger partial charge is 0.497 e. The zero-order chi connectivity index (χ0) is 25.9. The molecule has 1 unspecified atom stereocenters. The van der Waals surface area contributed by atoms with Crippen molar-refractivity contribution in [2.45, 2.75) is 44.7 Å². The van der Waals surface area contributed by atoms with Gasteiger partial charge in [0.25, 0.3) is 0 Å². The average molecular weight is 498 g/mol. The number of aromatic amines is 1. The van der Waals surface area contributed by atoms with Crippen molar-refractivity contribution in [2.75, 3.05) is 40.5 Å². The number of nitrogens with one attached hydrogen (secondary N) is 1. The summed E-state index contributed by atoms with van der Waals surface area (Å²) in [6.07, 6.45) is 1.19. The molecule has 194 valence electrons. The number of hydrogen-bond acceptors (Lipinski definition) is 5. The first-order valence-electron chi connectivity index (χ1n) is 12.6. The first kappa shape index (κ1) is 26.0. The number of fused-ring (bicyclic) bond motifs is 4. The summed E-state index contributed by atoms with van der Waals surface area (Å²) in [5.74, 6) is 0.505. The maximum Gasteiger partial charge on any atom is 0.409 e. The number of halogens is 1. The fourth-order valence-corrected chi connectivity index (χ4v) is 5.78. The predicted molar refractivity (Wildman–Crippen MR) is 138 cm³/mol. The van der Waals surface area contributed by atoms with Crippen LogP contribution < -0.4 is 4.74 Å². The average Bonchev–Trinajstić information content (AvgIpc) is 3.31. The molecule has 1 saturated heterocycles. The number of aliphatic hydroxyl groups excluding tert-OH is 1. The van der Waals surface area contributed by atoms with Crippen molar-refractivity contribution in [3.05, 3.63) is 65.1 Å². The second kappa shape index (κ2) is 10.9. The lowest BCUT2D eigenvalue weighted by atomic mass is 9.68. The van der Waals surface area contributed by atoms with E-state index in [0.717, 1.165) is 35.2 Å². The number of carbonyl (C=O) groups is 1. The summed E-state index contributed by atoms with van der Waals surface area (Å²) in [6.45, 7) is 6.11. The summed E-state index contributed by atoms with van der Waals surface area (Å²) < 4.78 is 24.9. The fourth-order valence-electron chi connectivity index (χ4n) is 5.78. The molecule has 2 N–H and O–H groups in total. The van der Waals surface area contributed by atoms with E-state index in [1.54, 1.807) is 24.1 Å². The number of amides is 1. The normalized spacial score (nSPS) is 18.9. The Hall–Kier alpha value is -3.10. The molecule has 0 aliphatic carbocycles. The van der Waals surface area contributed by atoms with Crippen molar-refractivity contribution in [3.63, 3.8) is 0 Å². The van der Waals surface area contributed by atoms with Crippen LogP contribution in [-0.4, -0.2) is 66.4 Å². The van der Waals surface area contributed by atoms with Gasteiger partial charge >= 0.3 is 6.09 Å². The molecular formula is C28H36FN3O4. The highest BCUT2D eigenvalue weighted by Crippen LogP contribution is 2.49. The Morgan fingerprint density at radius 2 is 1.89 bits per heavy atom. The maximum atomic E-state index is 14.6. The SMILES string of the molecule is CC.COC(=O)N1CCC2(CC1)CN(Cc1ccccc1F)C(CO)c1[nH]c3cc(OC)ccc3c12. The smallest absolute Gasteiger partial charge is 0.409 e. The van der Waals surface area contributed by atoms with Gasteiger partial charge in [0.15, 0.2) is 0 Å². The summed E-state index contributed by atoms with van der Waals surface area (Å²) in [6, 6.07) is 12.5. The zero-order valence-electron chi connectivity index (χ0n) is 21.5. The lowest BCUT2D eigenvalue weighted by Crippen LogP contribution is -2.54. The van der Waals surface area contributed by atoms with E-state index >= 15 is 0 Å². The molecule has 1 amide bonds. The molecule has 0 radical (unpaired) electrons. The Kier molecular flexibility index (Phi) is 7.85. The van der Waals surface area contributed by atoms with E-state index in [-0.39, 0.29) is 30.0 Å². The Bertz CT molecular complexity index is 1200. The third-order valence-corrected chi connectivity index (χ3v) is 7.50. The second-order valence-electron chi connectivity index (χ2n) is 9.26. The molecule has 2 aliphatic heterocycles. The minimum absolute atomic E-state index is 0.0875. The quantitative estimate of drug-likeness (QED) is 0.531. The number of likely N-dealkylation sites (tertiary alicyclic amines) is 1. The Labute approximate surface area is 211 Å². The van der Waals surface area contributed by atoms with Crippen molar-refractivity contribution in [1.29, 1.82) is 0 Å². The molecular weight excluding hydrogens is 461 g/mol. The monoisotopic (exact) mass is 497 g/mol.